The predicted octanol–water partition coefficient (Wildman–Crippen LogP) is -0.602. The van der Waals surface area contributed by atoms with Crippen molar-refractivity contribution in [1.82, 2.24) is 5.32 Å². The molecule has 0 aromatic heterocycles. The summed E-state index contributed by atoms with van der Waals surface area (Å²) in [5.41, 5.74) is 5.70. The molecule has 2 atom stereocenters. The molecule has 1 rings (SSSR count). The summed E-state index contributed by atoms with van der Waals surface area (Å²) >= 11 is 0. The molecular weight excluding hydrogens is 144 g/mol. The quantitative estimate of drug-likeness (QED) is 0.501. The monoisotopic (exact) mass is 158 g/mol. The lowest BCUT2D eigenvalue weighted by Gasteiger charge is -2.27. The van der Waals surface area contributed by atoms with Crippen molar-refractivity contribution in [1.29, 1.82) is 0 Å². The highest BCUT2D eigenvalue weighted by Crippen LogP contribution is 2.14. The number of nitrogens with two attached hydrogens (primary N) is 1. The molecular formula is C7H14N2O2. The van der Waals surface area contributed by atoms with E-state index < -0.39 is 5.97 Å². The van der Waals surface area contributed by atoms with E-state index in [4.69, 9.17) is 10.8 Å². The molecule has 0 spiro atoms. The van der Waals surface area contributed by atoms with Gasteiger partial charge in [0.15, 0.2) is 0 Å². The Morgan fingerprint density at radius 3 is 3.00 bits per heavy atom. The van der Waals surface area contributed by atoms with E-state index in [0.29, 0.717) is 0 Å². The minimum atomic E-state index is -0.743. The highest BCUT2D eigenvalue weighted by Gasteiger charge is 2.23. The maximum absolute atomic E-state index is 10.3. The molecule has 1 aliphatic rings. The van der Waals surface area contributed by atoms with Gasteiger partial charge in [-0.15, -0.1) is 0 Å². The number of hydrogen-bond acceptors (Lipinski definition) is 3. The largest absolute Gasteiger partial charge is 0.481 e. The molecule has 0 aromatic carbocycles. The first-order valence-electron chi connectivity index (χ1n) is 3.88. The Kier molecular flexibility index (Phi) is 2.84. The Balaban J connectivity index is 2.35. The smallest absolute Gasteiger partial charge is 0.303 e. The van der Waals surface area contributed by atoms with E-state index in [1.807, 2.05) is 0 Å². The average Bonchev–Trinajstić information content (AvgIpc) is 1.93. The SMILES string of the molecule is N[C@@H]1CNCC[C@@H]1CC(=O)O. The van der Waals surface area contributed by atoms with Crippen LogP contribution in [0.5, 0.6) is 0 Å². The van der Waals surface area contributed by atoms with Gasteiger partial charge in [0.2, 0.25) is 0 Å². The third-order valence-corrected chi connectivity index (χ3v) is 2.11. The molecule has 1 heterocycles. The van der Waals surface area contributed by atoms with Gasteiger partial charge in [-0.2, -0.15) is 0 Å². The molecule has 4 heteroatoms. The third-order valence-electron chi connectivity index (χ3n) is 2.11. The third kappa shape index (κ3) is 2.48. The number of carboxylic acid groups (broad SMARTS) is 1. The molecule has 4 nitrogen and oxygen atoms in total. The zero-order chi connectivity index (χ0) is 8.27. The second-order valence-corrected chi connectivity index (χ2v) is 3.01. The van der Waals surface area contributed by atoms with Gasteiger partial charge in [0.25, 0.3) is 0 Å². The van der Waals surface area contributed by atoms with Crippen LogP contribution in [-0.4, -0.2) is 30.2 Å². The number of aliphatic carboxylic acids is 1. The first kappa shape index (κ1) is 8.49. The van der Waals surface area contributed by atoms with Crippen LogP contribution in [-0.2, 0) is 4.79 Å². The van der Waals surface area contributed by atoms with Gasteiger partial charge in [0.1, 0.15) is 0 Å². The van der Waals surface area contributed by atoms with Crippen LogP contribution in [0.15, 0.2) is 0 Å². The van der Waals surface area contributed by atoms with Crippen molar-refractivity contribution in [2.45, 2.75) is 18.9 Å². The van der Waals surface area contributed by atoms with Crippen LogP contribution in [0.1, 0.15) is 12.8 Å². The summed E-state index contributed by atoms with van der Waals surface area (Å²) in [6, 6.07) is 0.0137. The molecule has 0 amide bonds. The van der Waals surface area contributed by atoms with Crippen molar-refractivity contribution in [2.24, 2.45) is 11.7 Å². The summed E-state index contributed by atoms with van der Waals surface area (Å²) < 4.78 is 0. The van der Waals surface area contributed by atoms with E-state index in [1.165, 1.54) is 0 Å². The second kappa shape index (κ2) is 3.69. The van der Waals surface area contributed by atoms with Crippen LogP contribution >= 0.6 is 0 Å². The van der Waals surface area contributed by atoms with Gasteiger partial charge < -0.3 is 16.2 Å². The molecule has 0 aromatic rings. The lowest BCUT2D eigenvalue weighted by atomic mass is 9.90. The minimum absolute atomic E-state index is 0.0137. The van der Waals surface area contributed by atoms with Crippen LogP contribution < -0.4 is 11.1 Å². The highest BCUT2D eigenvalue weighted by molar-refractivity contribution is 5.67. The van der Waals surface area contributed by atoms with Crippen LogP contribution in [0.25, 0.3) is 0 Å². The lowest BCUT2D eigenvalue weighted by Crippen LogP contribution is -2.46. The van der Waals surface area contributed by atoms with Crippen molar-refractivity contribution < 1.29 is 9.90 Å². The van der Waals surface area contributed by atoms with Crippen LogP contribution in [0.2, 0.25) is 0 Å². The zero-order valence-corrected chi connectivity index (χ0v) is 6.42. The molecule has 0 aliphatic carbocycles. The minimum Gasteiger partial charge on any atom is -0.481 e. The Morgan fingerprint density at radius 1 is 1.73 bits per heavy atom. The fraction of sp³-hybridized carbons (Fsp3) is 0.857. The number of carbonyl (C=O) groups is 1. The Bertz CT molecular complexity index is 149. The van der Waals surface area contributed by atoms with E-state index in [9.17, 15) is 4.79 Å². The van der Waals surface area contributed by atoms with E-state index in [-0.39, 0.29) is 18.4 Å². The van der Waals surface area contributed by atoms with Crippen molar-refractivity contribution >= 4 is 5.97 Å². The van der Waals surface area contributed by atoms with Gasteiger partial charge >= 0.3 is 5.97 Å². The maximum Gasteiger partial charge on any atom is 0.303 e. The highest BCUT2D eigenvalue weighted by atomic mass is 16.4. The fourth-order valence-electron chi connectivity index (χ4n) is 1.41. The van der Waals surface area contributed by atoms with E-state index in [0.717, 1.165) is 19.5 Å². The summed E-state index contributed by atoms with van der Waals surface area (Å²) in [5.74, 6) is -0.582. The van der Waals surface area contributed by atoms with Crippen molar-refractivity contribution in [2.75, 3.05) is 13.1 Å². The number of nitrogens with one attached hydrogen (secondary N) is 1. The zero-order valence-electron chi connectivity index (χ0n) is 6.42. The molecule has 1 aliphatic heterocycles. The Labute approximate surface area is 65.8 Å². The molecule has 0 bridgehead atoms. The van der Waals surface area contributed by atoms with Gasteiger partial charge in [-0.1, -0.05) is 0 Å². The van der Waals surface area contributed by atoms with Crippen molar-refractivity contribution in [3.05, 3.63) is 0 Å². The summed E-state index contributed by atoms with van der Waals surface area (Å²) in [6.07, 6.45) is 1.09. The van der Waals surface area contributed by atoms with E-state index >= 15 is 0 Å². The van der Waals surface area contributed by atoms with Crippen LogP contribution in [0.3, 0.4) is 0 Å². The summed E-state index contributed by atoms with van der Waals surface area (Å²) in [4.78, 5) is 10.3. The molecule has 0 saturated carbocycles. The first-order valence-corrected chi connectivity index (χ1v) is 3.88. The molecule has 1 saturated heterocycles. The van der Waals surface area contributed by atoms with Crippen molar-refractivity contribution in [3.8, 4) is 0 Å². The van der Waals surface area contributed by atoms with Gasteiger partial charge in [0.05, 0.1) is 0 Å². The molecule has 64 valence electrons. The summed E-state index contributed by atoms with van der Waals surface area (Å²) in [5, 5.41) is 11.6. The molecule has 11 heavy (non-hydrogen) atoms. The van der Waals surface area contributed by atoms with Crippen LogP contribution in [0.4, 0.5) is 0 Å². The van der Waals surface area contributed by atoms with Gasteiger partial charge in [-0.05, 0) is 18.9 Å². The standard InChI is InChI=1S/C7H14N2O2/c8-6-4-9-2-1-5(6)3-7(10)11/h5-6,9H,1-4,8H2,(H,10,11)/t5-,6-/m1/s1. The lowest BCUT2D eigenvalue weighted by molar-refractivity contribution is -0.138. The Hall–Kier alpha value is -0.610. The number of rotatable bonds is 2. The number of piperidine rings is 1. The first-order chi connectivity index (χ1) is 5.20. The molecule has 0 unspecified atom stereocenters. The van der Waals surface area contributed by atoms with Gasteiger partial charge in [-0.25, -0.2) is 0 Å². The predicted molar refractivity (Wildman–Crippen MR) is 41.2 cm³/mol. The topological polar surface area (TPSA) is 75.3 Å². The number of hydrogen-bond donors (Lipinski definition) is 3. The normalized spacial score (nSPS) is 31.7. The average molecular weight is 158 g/mol. The molecule has 0 radical (unpaired) electrons. The van der Waals surface area contributed by atoms with E-state index in [1.54, 1.807) is 0 Å². The Morgan fingerprint density at radius 2 is 2.45 bits per heavy atom. The van der Waals surface area contributed by atoms with Gasteiger partial charge in [-0.3, -0.25) is 4.79 Å². The second-order valence-electron chi connectivity index (χ2n) is 3.01. The fourth-order valence-corrected chi connectivity index (χ4v) is 1.41. The summed E-state index contributed by atoms with van der Waals surface area (Å²) in [7, 11) is 0. The number of carboxylic acids is 1. The molecule has 4 N–H and O–H groups in total. The van der Waals surface area contributed by atoms with E-state index in [2.05, 4.69) is 5.32 Å². The summed E-state index contributed by atoms with van der Waals surface area (Å²) in [6.45, 7) is 1.64. The molecule has 1 fully saturated rings. The maximum atomic E-state index is 10.3. The van der Waals surface area contributed by atoms with Gasteiger partial charge in [0, 0.05) is 19.0 Å². The van der Waals surface area contributed by atoms with Crippen molar-refractivity contribution in [3.63, 3.8) is 0 Å². The van der Waals surface area contributed by atoms with Crippen LogP contribution in [0, 0.1) is 5.92 Å².